The summed E-state index contributed by atoms with van der Waals surface area (Å²) in [6.45, 7) is 0. The molecular weight excluding hydrogens is 144 g/mol. The van der Waals surface area contributed by atoms with E-state index in [1.807, 2.05) is 0 Å². The van der Waals surface area contributed by atoms with Crippen molar-refractivity contribution in [3.63, 3.8) is 0 Å². The largest absolute Gasteiger partial charge is 0.433 e. The molecule has 0 radical (unpaired) electrons. The molecule has 0 saturated carbocycles. The highest BCUT2D eigenvalue weighted by Crippen LogP contribution is 2.08. The molecule has 1 aromatic rings. The van der Waals surface area contributed by atoms with Gasteiger partial charge in [-0.15, -0.1) is 0 Å². The lowest BCUT2D eigenvalue weighted by atomic mass is 10.7. The average molecular weight is 148 g/mol. The van der Waals surface area contributed by atoms with Crippen LogP contribution in [-0.4, -0.2) is 8.42 Å². The maximum absolute atomic E-state index is 9.82. The molecule has 5 heteroatoms. The number of furan rings is 1. The van der Waals surface area contributed by atoms with E-state index in [1.54, 1.807) is 0 Å². The summed E-state index contributed by atoms with van der Waals surface area (Å²) in [6, 6.07) is 2.94. The van der Waals surface area contributed by atoms with Gasteiger partial charge in [-0.3, -0.25) is 0 Å². The summed E-state index contributed by atoms with van der Waals surface area (Å²) < 4.78 is 28.3. The second kappa shape index (κ2) is 2.54. The van der Waals surface area contributed by atoms with Crippen LogP contribution in [-0.2, 0) is 11.0 Å². The van der Waals surface area contributed by atoms with Crippen LogP contribution in [0.5, 0.6) is 5.95 Å². The van der Waals surface area contributed by atoms with Crippen molar-refractivity contribution < 1.29 is 17.0 Å². The van der Waals surface area contributed by atoms with Gasteiger partial charge in [0.1, 0.15) is 0 Å². The van der Waals surface area contributed by atoms with Crippen LogP contribution < -0.4 is 4.18 Å². The van der Waals surface area contributed by atoms with Crippen LogP contribution in [0, 0.1) is 0 Å². The highest BCUT2D eigenvalue weighted by Gasteiger charge is 1.93. The summed E-state index contributed by atoms with van der Waals surface area (Å²) in [4.78, 5) is 0. The van der Waals surface area contributed by atoms with Crippen LogP contribution in [0.3, 0.4) is 0 Å². The highest BCUT2D eigenvalue weighted by molar-refractivity contribution is 7.67. The Morgan fingerprint density at radius 3 is 2.78 bits per heavy atom. The lowest BCUT2D eigenvalue weighted by Gasteiger charge is -1.85. The molecule has 0 aliphatic carbocycles. The molecular formula is C4H4O4S. The van der Waals surface area contributed by atoms with E-state index >= 15 is 0 Å². The zero-order chi connectivity index (χ0) is 6.69. The summed E-state index contributed by atoms with van der Waals surface area (Å²) in [5, 5.41) is 0. The van der Waals surface area contributed by atoms with E-state index in [-0.39, 0.29) is 5.95 Å². The van der Waals surface area contributed by atoms with Crippen molar-refractivity contribution in [3.05, 3.63) is 18.4 Å². The number of thiol groups is 1. The van der Waals surface area contributed by atoms with E-state index in [2.05, 4.69) is 8.60 Å². The summed E-state index contributed by atoms with van der Waals surface area (Å²) in [7, 11) is -2.84. The van der Waals surface area contributed by atoms with Crippen LogP contribution in [0.1, 0.15) is 0 Å². The summed E-state index contributed by atoms with van der Waals surface area (Å²) in [5.41, 5.74) is 0. The van der Waals surface area contributed by atoms with Crippen molar-refractivity contribution in [1.29, 1.82) is 0 Å². The predicted molar refractivity (Wildman–Crippen MR) is 29.7 cm³/mol. The van der Waals surface area contributed by atoms with Gasteiger partial charge in [0.2, 0.25) is 0 Å². The molecule has 0 bridgehead atoms. The highest BCUT2D eigenvalue weighted by atomic mass is 32.2. The molecule has 1 aromatic heterocycles. The zero-order valence-electron chi connectivity index (χ0n) is 4.31. The first-order valence-corrected chi connectivity index (χ1v) is 3.24. The molecule has 1 rings (SSSR count). The molecule has 9 heavy (non-hydrogen) atoms. The minimum atomic E-state index is -2.84. The molecule has 0 aliphatic rings. The summed E-state index contributed by atoms with van der Waals surface area (Å²) in [6.07, 6.45) is 1.33. The SMILES string of the molecule is O=[SH](=O)Oc1ccco1. The Morgan fingerprint density at radius 1 is 1.56 bits per heavy atom. The first kappa shape index (κ1) is 6.15. The van der Waals surface area contributed by atoms with Crippen molar-refractivity contribution in [2.75, 3.05) is 0 Å². The fraction of sp³-hybridized carbons (Fsp3) is 0. The molecule has 50 valence electrons. The van der Waals surface area contributed by atoms with Crippen molar-refractivity contribution in [3.8, 4) is 5.95 Å². The Bertz CT molecular complexity index is 227. The average Bonchev–Trinajstić information content (AvgIpc) is 2.15. The predicted octanol–water partition coefficient (Wildman–Crippen LogP) is 0.185. The van der Waals surface area contributed by atoms with Gasteiger partial charge in [0, 0.05) is 6.07 Å². The molecule has 0 aliphatic heterocycles. The molecule has 0 unspecified atom stereocenters. The van der Waals surface area contributed by atoms with Crippen LogP contribution in [0.2, 0.25) is 0 Å². The second-order valence-corrected chi connectivity index (χ2v) is 1.88. The maximum Gasteiger partial charge on any atom is 0.301 e. The Balaban J connectivity index is 2.68. The summed E-state index contributed by atoms with van der Waals surface area (Å²) >= 11 is 0. The first-order chi connectivity index (χ1) is 4.29. The van der Waals surface area contributed by atoms with Crippen LogP contribution in [0.4, 0.5) is 0 Å². The van der Waals surface area contributed by atoms with Gasteiger partial charge < -0.3 is 8.60 Å². The first-order valence-electron chi connectivity index (χ1n) is 2.15. The van der Waals surface area contributed by atoms with Crippen LogP contribution >= 0.6 is 0 Å². The molecule has 0 saturated heterocycles. The zero-order valence-corrected chi connectivity index (χ0v) is 5.21. The van der Waals surface area contributed by atoms with E-state index in [4.69, 9.17) is 0 Å². The van der Waals surface area contributed by atoms with Crippen molar-refractivity contribution in [1.82, 2.24) is 0 Å². The number of hydrogen-bond donors (Lipinski definition) is 1. The van der Waals surface area contributed by atoms with Gasteiger partial charge in [0.15, 0.2) is 0 Å². The Morgan fingerprint density at radius 2 is 2.33 bits per heavy atom. The molecule has 0 N–H and O–H groups in total. The van der Waals surface area contributed by atoms with Gasteiger partial charge in [-0.1, -0.05) is 0 Å². The molecule has 0 atom stereocenters. The van der Waals surface area contributed by atoms with E-state index in [9.17, 15) is 8.42 Å². The molecule has 1 heterocycles. The molecule has 0 amide bonds. The van der Waals surface area contributed by atoms with Crippen molar-refractivity contribution in [2.45, 2.75) is 0 Å². The lowest BCUT2D eigenvalue weighted by molar-refractivity contribution is 0.394. The fourth-order valence-corrected chi connectivity index (χ4v) is 0.640. The Hall–Kier alpha value is -0.970. The quantitative estimate of drug-likeness (QED) is 0.608. The second-order valence-electron chi connectivity index (χ2n) is 1.25. The van der Waals surface area contributed by atoms with Gasteiger partial charge in [-0.2, -0.15) is 8.42 Å². The third-order valence-electron chi connectivity index (χ3n) is 0.660. The molecule has 0 spiro atoms. The van der Waals surface area contributed by atoms with Gasteiger partial charge in [-0.05, 0) is 6.07 Å². The van der Waals surface area contributed by atoms with Crippen LogP contribution in [0.15, 0.2) is 22.8 Å². The van der Waals surface area contributed by atoms with Gasteiger partial charge in [0.25, 0.3) is 0 Å². The monoisotopic (exact) mass is 148 g/mol. The topological polar surface area (TPSA) is 56.5 Å². The van der Waals surface area contributed by atoms with Crippen molar-refractivity contribution >= 4 is 11.0 Å². The third-order valence-corrected chi connectivity index (χ3v) is 0.989. The number of hydrogen-bond acceptors (Lipinski definition) is 4. The van der Waals surface area contributed by atoms with Gasteiger partial charge >= 0.3 is 16.9 Å². The minimum Gasteiger partial charge on any atom is -0.433 e. The smallest absolute Gasteiger partial charge is 0.301 e. The van der Waals surface area contributed by atoms with Crippen LogP contribution in [0.25, 0.3) is 0 Å². The maximum atomic E-state index is 9.82. The summed E-state index contributed by atoms with van der Waals surface area (Å²) in [5.74, 6) is -0.00823. The van der Waals surface area contributed by atoms with E-state index in [0.717, 1.165) is 0 Å². The Kier molecular flexibility index (Phi) is 1.74. The molecule has 0 aromatic carbocycles. The fourth-order valence-electron chi connectivity index (χ4n) is 0.389. The van der Waals surface area contributed by atoms with Crippen molar-refractivity contribution in [2.24, 2.45) is 0 Å². The lowest BCUT2D eigenvalue weighted by Crippen LogP contribution is -1.86. The third kappa shape index (κ3) is 1.77. The molecule has 0 fully saturated rings. The van der Waals surface area contributed by atoms with E-state index < -0.39 is 11.0 Å². The standard InChI is InChI=1S/C4H4O4S/c5-9(6)8-4-2-1-3-7-4/h1-3,9H. The van der Waals surface area contributed by atoms with Gasteiger partial charge in [0.05, 0.1) is 6.26 Å². The normalized spacial score (nSPS) is 9.89. The number of rotatable bonds is 2. The minimum absolute atomic E-state index is 0.00823. The molecule has 4 nitrogen and oxygen atoms in total. The van der Waals surface area contributed by atoms with E-state index in [1.165, 1.54) is 18.4 Å². The van der Waals surface area contributed by atoms with Gasteiger partial charge in [-0.25, -0.2) is 0 Å². The van der Waals surface area contributed by atoms with E-state index in [0.29, 0.717) is 0 Å². The Labute approximate surface area is 53.2 Å².